The summed E-state index contributed by atoms with van der Waals surface area (Å²) >= 11 is 0. The van der Waals surface area contributed by atoms with Gasteiger partial charge < -0.3 is 14.8 Å². The van der Waals surface area contributed by atoms with Crippen LogP contribution in [0.4, 0.5) is 0 Å². The summed E-state index contributed by atoms with van der Waals surface area (Å²) < 4.78 is 5.27. The summed E-state index contributed by atoms with van der Waals surface area (Å²) in [5.74, 6) is 1.37. The highest BCUT2D eigenvalue weighted by Crippen LogP contribution is 2.16. The summed E-state index contributed by atoms with van der Waals surface area (Å²) in [6, 6.07) is 4.48. The van der Waals surface area contributed by atoms with E-state index in [9.17, 15) is 0 Å². The molecule has 18 heavy (non-hydrogen) atoms. The molecule has 0 radical (unpaired) electrons. The Hall–Kier alpha value is -1.62. The molecule has 3 rings (SSSR count). The zero-order valence-corrected chi connectivity index (χ0v) is 10.4. The Labute approximate surface area is 106 Å². The highest BCUT2D eigenvalue weighted by Gasteiger charge is 2.15. The van der Waals surface area contributed by atoms with Crippen molar-refractivity contribution in [3.05, 3.63) is 24.2 Å². The lowest BCUT2D eigenvalue weighted by Crippen LogP contribution is -2.34. The van der Waals surface area contributed by atoms with E-state index in [-0.39, 0.29) is 0 Å². The summed E-state index contributed by atoms with van der Waals surface area (Å²) in [5, 5.41) is 7.51. The number of aromatic amines is 1. The van der Waals surface area contributed by atoms with Crippen molar-refractivity contribution < 1.29 is 4.52 Å². The minimum atomic E-state index is 0.611. The van der Waals surface area contributed by atoms with Gasteiger partial charge in [-0.25, -0.2) is 0 Å². The lowest BCUT2D eigenvalue weighted by molar-refractivity contribution is 0.342. The van der Waals surface area contributed by atoms with E-state index in [0.717, 1.165) is 31.0 Å². The van der Waals surface area contributed by atoms with Crippen LogP contribution in [0.5, 0.6) is 0 Å². The number of aryl methyl sites for hydroxylation is 1. The Bertz CT molecular complexity index is 471. The minimum absolute atomic E-state index is 0.611. The Morgan fingerprint density at radius 3 is 3.17 bits per heavy atom. The van der Waals surface area contributed by atoms with E-state index in [4.69, 9.17) is 4.52 Å². The van der Waals surface area contributed by atoms with Crippen molar-refractivity contribution in [3.63, 3.8) is 0 Å². The van der Waals surface area contributed by atoms with Crippen LogP contribution in [-0.2, 0) is 6.42 Å². The molecule has 2 aromatic rings. The first-order valence-electron chi connectivity index (χ1n) is 6.61. The van der Waals surface area contributed by atoms with Crippen molar-refractivity contribution in [1.82, 2.24) is 20.4 Å². The van der Waals surface area contributed by atoms with Gasteiger partial charge in [0.1, 0.15) is 0 Å². The molecule has 1 unspecified atom stereocenters. The molecule has 0 bridgehead atoms. The molecule has 96 valence electrons. The SMILES string of the molecule is c1c[nH]c(-c2noc(CCC3CCCCN3)n2)c1. The normalized spacial score (nSPS) is 20.1. The molecule has 1 aliphatic heterocycles. The van der Waals surface area contributed by atoms with Crippen molar-refractivity contribution in [3.8, 4) is 11.5 Å². The maximum absolute atomic E-state index is 5.27. The molecule has 1 aliphatic rings. The van der Waals surface area contributed by atoms with Crippen LogP contribution in [0.25, 0.3) is 11.5 Å². The van der Waals surface area contributed by atoms with Gasteiger partial charge in [-0.3, -0.25) is 0 Å². The van der Waals surface area contributed by atoms with Crippen molar-refractivity contribution in [2.24, 2.45) is 0 Å². The standard InChI is InChI=1S/C13H18N4O/c1-2-8-14-10(4-1)6-7-12-16-13(17-18-12)11-5-3-9-15-11/h3,5,9-10,14-15H,1-2,4,6-8H2. The summed E-state index contributed by atoms with van der Waals surface area (Å²) in [5.41, 5.74) is 0.904. The first-order chi connectivity index (χ1) is 8.92. The van der Waals surface area contributed by atoms with Gasteiger partial charge in [0.2, 0.25) is 11.7 Å². The maximum atomic E-state index is 5.27. The summed E-state index contributed by atoms with van der Waals surface area (Å²) in [4.78, 5) is 7.48. The smallest absolute Gasteiger partial charge is 0.227 e. The average molecular weight is 246 g/mol. The topological polar surface area (TPSA) is 66.7 Å². The molecule has 2 N–H and O–H groups in total. The van der Waals surface area contributed by atoms with E-state index < -0.39 is 0 Å². The number of nitrogens with one attached hydrogen (secondary N) is 2. The molecule has 1 saturated heterocycles. The van der Waals surface area contributed by atoms with Crippen molar-refractivity contribution >= 4 is 0 Å². The molecule has 0 amide bonds. The molecule has 0 aromatic carbocycles. The Balaban J connectivity index is 1.57. The van der Waals surface area contributed by atoms with Gasteiger partial charge in [-0.2, -0.15) is 4.98 Å². The lowest BCUT2D eigenvalue weighted by atomic mass is 10.0. The van der Waals surface area contributed by atoms with Crippen LogP contribution < -0.4 is 5.32 Å². The fourth-order valence-electron chi connectivity index (χ4n) is 2.40. The molecule has 5 nitrogen and oxygen atoms in total. The number of aromatic nitrogens is 3. The summed E-state index contributed by atoms with van der Waals surface area (Å²) in [6.07, 6.45) is 7.68. The molecular weight excluding hydrogens is 228 g/mol. The van der Waals surface area contributed by atoms with Crippen LogP contribution in [0.15, 0.2) is 22.9 Å². The Morgan fingerprint density at radius 1 is 1.39 bits per heavy atom. The van der Waals surface area contributed by atoms with Gasteiger partial charge in [-0.15, -0.1) is 0 Å². The zero-order chi connectivity index (χ0) is 12.2. The number of nitrogens with zero attached hydrogens (tertiary/aromatic N) is 2. The van der Waals surface area contributed by atoms with Gasteiger partial charge >= 0.3 is 0 Å². The molecule has 1 atom stereocenters. The largest absolute Gasteiger partial charge is 0.359 e. The fraction of sp³-hybridized carbons (Fsp3) is 0.538. The van der Waals surface area contributed by atoms with Crippen LogP contribution >= 0.6 is 0 Å². The predicted molar refractivity (Wildman–Crippen MR) is 68.0 cm³/mol. The number of H-pyrrole nitrogens is 1. The highest BCUT2D eigenvalue weighted by molar-refractivity contribution is 5.47. The van der Waals surface area contributed by atoms with Crippen LogP contribution in [0.3, 0.4) is 0 Å². The molecule has 5 heteroatoms. The van der Waals surface area contributed by atoms with Gasteiger partial charge in [-0.05, 0) is 37.9 Å². The average Bonchev–Trinajstić information content (AvgIpc) is 3.08. The number of hydrogen-bond acceptors (Lipinski definition) is 4. The van der Waals surface area contributed by atoms with E-state index in [0.29, 0.717) is 11.9 Å². The van der Waals surface area contributed by atoms with Crippen molar-refractivity contribution in [1.29, 1.82) is 0 Å². The first kappa shape index (κ1) is 11.5. The molecule has 0 saturated carbocycles. The summed E-state index contributed by atoms with van der Waals surface area (Å²) in [6.45, 7) is 1.14. The second-order valence-electron chi connectivity index (χ2n) is 4.78. The van der Waals surface area contributed by atoms with Gasteiger partial charge in [0.15, 0.2) is 0 Å². The Morgan fingerprint density at radius 2 is 2.39 bits per heavy atom. The molecule has 0 aliphatic carbocycles. The van der Waals surface area contributed by atoms with Crippen LogP contribution in [0, 0.1) is 0 Å². The quantitative estimate of drug-likeness (QED) is 0.867. The molecule has 3 heterocycles. The molecular formula is C13H18N4O. The van der Waals surface area contributed by atoms with Crippen LogP contribution in [-0.4, -0.2) is 27.7 Å². The third kappa shape index (κ3) is 2.61. The highest BCUT2D eigenvalue weighted by atomic mass is 16.5. The lowest BCUT2D eigenvalue weighted by Gasteiger charge is -2.22. The van der Waals surface area contributed by atoms with Crippen molar-refractivity contribution in [2.75, 3.05) is 6.54 Å². The predicted octanol–water partition coefficient (Wildman–Crippen LogP) is 2.14. The van der Waals surface area contributed by atoms with Gasteiger partial charge in [0.05, 0.1) is 5.69 Å². The summed E-state index contributed by atoms with van der Waals surface area (Å²) in [7, 11) is 0. The first-order valence-corrected chi connectivity index (χ1v) is 6.61. The van der Waals surface area contributed by atoms with Gasteiger partial charge in [0, 0.05) is 18.7 Å². The third-order valence-electron chi connectivity index (χ3n) is 3.43. The third-order valence-corrected chi connectivity index (χ3v) is 3.43. The van der Waals surface area contributed by atoms with Gasteiger partial charge in [0.25, 0.3) is 0 Å². The molecule has 2 aromatic heterocycles. The van der Waals surface area contributed by atoms with Crippen molar-refractivity contribution in [2.45, 2.75) is 38.1 Å². The van der Waals surface area contributed by atoms with E-state index in [1.807, 2.05) is 18.3 Å². The van der Waals surface area contributed by atoms with E-state index in [1.165, 1.54) is 19.3 Å². The van der Waals surface area contributed by atoms with E-state index in [1.54, 1.807) is 0 Å². The fourth-order valence-corrected chi connectivity index (χ4v) is 2.40. The van der Waals surface area contributed by atoms with Gasteiger partial charge in [-0.1, -0.05) is 11.6 Å². The molecule has 1 fully saturated rings. The zero-order valence-electron chi connectivity index (χ0n) is 10.4. The minimum Gasteiger partial charge on any atom is -0.359 e. The second-order valence-corrected chi connectivity index (χ2v) is 4.78. The number of piperidine rings is 1. The Kier molecular flexibility index (Phi) is 3.41. The van der Waals surface area contributed by atoms with E-state index in [2.05, 4.69) is 20.4 Å². The van der Waals surface area contributed by atoms with E-state index >= 15 is 0 Å². The number of rotatable bonds is 4. The van der Waals surface area contributed by atoms with Crippen LogP contribution in [0.2, 0.25) is 0 Å². The monoisotopic (exact) mass is 246 g/mol. The number of hydrogen-bond donors (Lipinski definition) is 2. The second kappa shape index (κ2) is 5.35. The maximum Gasteiger partial charge on any atom is 0.227 e. The molecule has 0 spiro atoms. The van der Waals surface area contributed by atoms with Crippen LogP contribution in [0.1, 0.15) is 31.6 Å².